The third-order valence-corrected chi connectivity index (χ3v) is 1.87. The second-order valence-electron chi connectivity index (χ2n) is 2.76. The summed E-state index contributed by atoms with van der Waals surface area (Å²) in [5.74, 6) is 0.837. The second kappa shape index (κ2) is 5.84. The lowest BCUT2D eigenvalue weighted by molar-refractivity contribution is 0.310. The molecule has 0 amide bonds. The zero-order chi connectivity index (χ0) is 9.52. The molecule has 0 unspecified atom stereocenters. The average Bonchev–Trinajstić information content (AvgIpc) is 2.13. The van der Waals surface area contributed by atoms with Gasteiger partial charge in [0, 0.05) is 6.45 Å². The molecule has 0 heterocycles. The highest BCUT2D eigenvalue weighted by Crippen LogP contribution is 2.16. The molecule has 1 rings (SSSR count). The van der Waals surface area contributed by atoms with Crippen LogP contribution in [0.15, 0.2) is 24.3 Å². The van der Waals surface area contributed by atoms with Crippen LogP contribution >= 0.6 is 11.6 Å². The van der Waals surface area contributed by atoms with Gasteiger partial charge in [-0.1, -0.05) is 17.7 Å². The van der Waals surface area contributed by atoms with Gasteiger partial charge < -0.3 is 10.1 Å². The maximum absolute atomic E-state index is 5.79. The van der Waals surface area contributed by atoms with E-state index in [4.69, 9.17) is 16.3 Å². The van der Waals surface area contributed by atoms with Crippen molar-refractivity contribution in [3.8, 4) is 5.75 Å². The number of hydrogen-bond donors (Lipinski definition) is 1. The highest BCUT2D eigenvalue weighted by molar-refractivity contribution is 6.30. The van der Waals surface area contributed by atoms with E-state index in [9.17, 15) is 0 Å². The first-order chi connectivity index (χ1) is 6.33. The van der Waals surface area contributed by atoms with E-state index in [-0.39, 0.29) is 1.43 Å². The summed E-state index contributed by atoms with van der Waals surface area (Å²) in [6.45, 7) is 1.70. The van der Waals surface area contributed by atoms with Gasteiger partial charge in [-0.15, -0.1) is 0 Å². The second-order valence-corrected chi connectivity index (χ2v) is 3.20. The summed E-state index contributed by atoms with van der Waals surface area (Å²) in [4.78, 5) is 0. The van der Waals surface area contributed by atoms with Gasteiger partial charge in [0.05, 0.1) is 6.61 Å². The van der Waals surface area contributed by atoms with Gasteiger partial charge >= 0.3 is 0 Å². The quantitative estimate of drug-likeness (QED) is 0.740. The summed E-state index contributed by atoms with van der Waals surface area (Å²) < 4.78 is 5.46. The van der Waals surface area contributed by atoms with Gasteiger partial charge in [0.2, 0.25) is 0 Å². The van der Waals surface area contributed by atoms with Crippen molar-refractivity contribution in [2.45, 2.75) is 6.42 Å². The summed E-state index contributed by atoms with van der Waals surface area (Å²) in [5, 5.41) is 3.77. The molecule has 0 fully saturated rings. The van der Waals surface area contributed by atoms with Crippen LogP contribution in [0.5, 0.6) is 5.75 Å². The lowest BCUT2D eigenvalue weighted by Crippen LogP contribution is -2.11. The molecule has 0 saturated carbocycles. The minimum absolute atomic E-state index is 0. The molecule has 1 N–H and O–H groups in total. The van der Waals surface area contributed by atoms with Crippen molar-refractivity contribution in [3.63, 3.8) is 0 Å². The standard InChI is InChI=1S/C10H14ClNO.H2/c1-12-6-3-7-13-10-5-2-4-9(11)8-10;/h2,4-5,8,12H,3,6-7H2,1H3;1H. The van der Waals surface area contributed by atoms with Crippen LogP contribution in [0.3, 0.4) is 0 Å². The first-order valence-electron chi connectivity index (χ1n) is 4.36. The van der Waals surface area contributed by atoms with E-state index in [2.05, 4.69) is 5.32 Å². The van der Waals surface area contributed by atoms with Crippen molar-refractivity contribution < 1.29 is 6.16 Å². The van der Waals surface area contributed by atoms with E-state index >= 15 is 0 Å². The largest absolute Gasteiger partial charge is 0.493 e. The zero-order valence-electron chi connectivity index (χ0n) is 7.72. The van der Waals surface area contributed by atoms with Crippen molar-refractivity contribution >= 4 is 11.6 Å². The maximum atomic E-state index is 5.79. The monoisotopic (exact) mass is 201 g/mol. The number of halogens is 1. The molecule has 0 atom stereocenters. The fourth-order valence-electron chi connectivity index (χ4n) is 0.996. The summed E-state index contributed by atoms with van der Waals surface area (Å²) in [6, 6.07) is 7.45. The van der Waals surface area contributed by atoms with Crippen molar-refractivity contribution in [3.05, 3.63) is 29.3 Å². The number of ether oxygens (including phenoxy) is 1. The topological polar surface area (TPSA) is 21.3 Å². The smallest absolute Gasteiger partial charge is 0.120 e. The Labute approximate surface area is 85.3 Å². The maximum Gasteiger partial charge on any atom is 0.120 e. The SMILES string of the molecule is CNCCCOc1cccc(Cl)c1.[HH]. The molecule has 74 valence electrons. The summed E-state index contributed by atoms with van der Waals surface area (Å²) in [7, 11) is 1.93. The number of benzene rings is 1. The third-order valence-electron chi connectivity index (χ3n) is 1.64. The van der Waals surface area contributed by atoms with Crippen molar-refractivity contribution in [2.75, 3.05) is 20.2 Å². The van der Waals surface area contributed by atoms with E-state index in [1.807, 2.05) is 31.3 Å². The predicted molar refractivity (Wildman–Crippen MR) is 57.6 cm³/mol. The van der Waals surface area contributed by atoms with Gasteiger partial charge in [0.1, 0.15) is 5.75 Å². The molecule has 0 spiro atoms. The predicted octanol–water partition coefficient (Wildman–Crippen LogP) is 2.57. The Morgan fingerprint density at radius 2 is 2.38 bits per heavy atom. The van der Waals surface area contributed by atoms with Gasteiger partial charge in [-0.3, -0.25) is 0 Å². The number of nitrogens with one attached hydrogen (secondary N) is 1. The van der Waals surface area contributed by atoms with Gasteiger partial charge in [-0.05, 0) is 38.2 Å². The molecule has 0 bridgehead atoms. The first-order valence-corrected chi connectivity index (χ1v) is 4.73. The molecule has 1 aromatic carbocycles. The molecular formula is C10H16ClNO. The van der Waals surface area contributed by atoms with Gasteiger partial charge in [-0.2, -0.15) is 0 Å². The Morgan fingerprint density at radius 1 is 1.54 bits per heavy atom. The van der Waals surface area contributed by atoms with Crippen LogP contribution in [0.1, 0.15) is 7.85 Å². The summed E-state index contributed by atoms with van der Waals surface area (Å²) in [5.41, 5.74) is 0. The molecule has 0 radical (unpaired) electrons. The minimum atomic E-state index is 0. The molecule has 2 nitrogen and oxygen atoms in total. The van der Waals surface area contributed by atoms with Crippen LogP contribution < -0.4 is 10.1 Å². The normalized spacial score (nSPS) is 10.0. The van der Waals surface area contributed by atoms with Crippen LogP contribution in [0.2, 0.25) is 5.02 Å². The van der Waals surface area contributed by atoms with E-state index in [1.54, 1.807) is 0 Å². The van der Waals surface area contributed by atoms with Crippen molar-refractivity contribution in [1.29, 1.82) is 0 Å². The van der Waals surface area contributed by atoms with Crippen LogP contribution in [-0.2, 0) is 0 Å². The van der Waals surface area contributed by atoms with Crippen LogP contribution in [0, 0.1) is 0 Å². The molecule has 3 heteroatoms. The molecule has 13 heavy (non-hydrogen) atoms. The zero-order valence-corrected chi connectivity index (χ0v) is 8.47. The van der Waals surface area contributed by atoms with E-state index in [1.165, 1.54) is 0 Å². The Balaban J connectivity index is 0.00000169. The Kier molecular flexibility index (Phi) is 4.65. The molecule has 0 aliphatic carbocycles. The van der Waals surface area contributed by atoms with Gasteiger partial charge in [0.15, 0.2) is 0 Å². The minimum Gasteiger partial charge on any atom is -0.493 e. The van der Waals surface area contributed by atoms with Gasteiger partial charge in [0.25, 0.3) is 0 Å². The fourth-order valence-corrected chi connectivity index (χ4v) is 1.18. The Morgan fingerprint density at radius 3 is 3.08 bits per heavy atom. The molecule has 1 aromatic rings. The Bertz CT molecular complexity index is 258. The summed E-state index contributed by atoms with van der Waals surface area (Å²) >= 11 is 5.79. The first kappa shape index (κ1) is 10.4. The van der Waals surface area contributed by atoms with Crippen molar-refractivity contribution in [1.82, 2.24) is 5.32 Å². The molecule has 0 aromatic heterocycles. The molecular weight excluding hydrogens is 186 g/mol. The van der Waals surface area contributed by atoms with E-state index in [0.29, 0.717) is 5.02 Å². The lowest BCUT2D eigenvalue weighted by Gasteiger charge is -2.05. The van der Waals surface area contributed by atoms with E-state index in [0.717, 1.165) is 25.3 Å². The third kappa shape index (κ3) is 4.15. The van der Waals surface area contributed by atoms with Crippen LogP contribution in [0.4, 0.5) is 0 Å². The fraction of sp³-hybridized carbons (Fsp3) is 0.400. The summed E-state index contributed by atoms with van der Waals surface area (Å²) in [6.07, 6.45) is 1.00. The number of rotatable bonds is 5. The van der Waals surface area contributed by atoms with Crippen molar-refractivity contribution in [2.24, 2.45) is 0 Å². The van der Waals surface area contributed by atoms with Crippen LogP contribution in [-0.4, -0.2) is 20.2 Å². The molecule has 0 aliphatic heterocycles. The molecule has 0 saturated heterocycles. The number of hydrogen-bond acceptors (Lipinski definition) is 2. The Hall–Kier alpha value is -0.730. The molecule has 0 aliphatic rings. The highest BCUT2D eigenvalue weighted by atomic mass is 35.5. The highest BCUT2D eigenvalue weighted by Gasteiger charge is 1.93. The van der Waals surface area contributed by atoms with Gasteiger partial charge in [-0.25, -0.2) is 0 Å². The lowest BCUT2D eigenvalue weighted by atomic mass is 10.3. The van der Waals surface area contributed by atoms with Crippen LogP contribution in [0.25, 0.3) is 0 Å². The van der Waals surface area contributed by atoms with E-state index < -0.39 is 0 Å². The average molecular weight is 202 g/mol.